The first-order chi connectivity index (χ1) is 13.1. The maximum Gasteiger partial charge on any atom is 0.126 e. The second-order valence-electron chi connectivity index (χ2n) is 7.64. The van der Waals surface area contributed by atoms with E-state index in [9.17, 15) is 10.2 Å². The van der Waals surface area contributed by atoms with Crippen LogP contribution in [0, 0.1) is 0 Å². The molecule has 2 aromatic carbocycles. The molecule has 2 heterocycles. The Kier molecular flexibility index (Phi) is 5.08. The summed E-state index contributed by atoms with van der Waals surface area (Å²) in [7, 11) is 1.62. The van der Waals surface area contributed by atoms with Crippen molar-refractivity contribution in [3.8, 4) is 11.5 Å². The summed E-state index contributed by atoms with van der Waals surface area (Å²) in [5.41, 5.74) is 1.43. The summed E-state index contributed by atoms with van der Waals surface area (Å²) in [5, 5.41) is 21.1. The van der Waals surface area contributed by atoms with E-state index in [0.717, 1.165) is 48.6 Å². The average Bonchev–Trinajstić information content (AvgIpc) is 2.70. The maximum atomic E-state index is 10.7. The summed E-state index contributed by atoms with van der Waals surface area (Å²) in [6.45, 7) is 2.32. The Bertz CT molecular complexity index is 771. The van der Waals surface area contributed by atoms with Gasteiger partial charge in [-0.2, -0.15) is 0 Å². The predicted octanol–water partition coefficient (Wildman–Crippen LogP) is 3.08. The van der Waals surface area contributed by atoms with Crippen LogP contribution in [-0.2, 0) is 0 Å². The molecule has 0 bridgehead atoms. The van der Waals surface area contributed by atoms with Crippen LogP contribution in [0.2, 0.25) is 0 Å². The van der Waals surface area contributed by atoms with Crippen LogP contribution in [0.4, 0.5) is 0 Å². The third-order valence-electron chi connectivity index (χ3n) is 5.85. The minimum atomic E-state index is -0.537. The van der Waals surface area contributed by atoms with Gasteiger partial charge >= 0.3 is 0 Å². The number of aliphatic hydroxyl groups is 2. The van der Waals surface area contributed by atoms with Gasteiger partial charge < -0.3 is 24.6 Å². The molecule has 0 saturated carbocycles. The SMILES string of the molecule is COc1ccc2c(c1)[C@H](O)CC1(CCN(C[C@H](O)c3ccccc3)CC1)O2. The lowest BCUT2D eigenvalue weighted by atomic mass is 9.81. The largest absolute Gasteiger partial charge is 0.497 e. The highest BCUT2D eigenvalue weighted by atomic mass is 16.5. The molecule has 0 radical (unpaired) electrons. The van der Waals surface area contributed by atoms with Gasteiger partial charge in [-0.15, -0.1) is 0 Å². The van der Waals surface area contributed by atoms with Gasteiger partial charge in [0, 0.05) is 31.6 Å². The van der Waals surface area contributed by atoms with Gasteiger partial charge in [0.1, 0.15) is 17.1 Å². The van der Waals surface area contributed by atoms with E-state index in [1.54, 1.807) is 7.11 Å². The van der Waals surface area contributed by atoms with Gasteiger partial charge in [-0.05, 0) is 36.6 Å². The third kappa shape index (κ3) is 3.81. The first-order valence-electron chi connectivity index (χ1n) is 9.59. The van der Waals surface area contributed by atoms with Gasteiger partial charge in [-0.3, -0.25) is 0 Å². The number of methoxy groups -OCH3 is 1. The van der Waals surface area contributed by atoms with Crippen LogP contribution in [-0.4, -0.2) is 47.5 Å². The summed E-state index contributed by atoms with van der Waals surface area (Å²) in [5.74, 6) is 1.49. The molecular weight excluding hydrogens is 342 g/mol. The molecule has 1 spiro atoms. The molecular formula is C22H27NO4. The molecule has 0 aliphatic carbocycles. The van der Waals surface area contributed by atoms with Gasteiger partial charge in [-0.25, -0.2) is 0 Å². The van der Waals surface area contributed by atoms with Crippen molar-refractivity contribution in [3.63, 3.8) is 0 Å². The molecule has 4 rings (SSSR count). The number of fused-ring (bicyclic) bond motifs is 1. The van der Waals surface area contributed by atoms with Crippen LogP contribution in [0.1, 0.15) is 42.6 Å². The number of piperidine rings is 1. The fraction of sp³-hybridized carbons (Fsp3) is 0.455. The van der Waals surface area contributed by atoms with Crippen molar-refractivity contribution < 1.29 is 19.7 Å². The zero-order valence-electron chi connectivity index (χ0n) is 15.7. The standard InChI is InChI=1S/C22H27NO4/c1-26-17-7-8-21-18(13-17)19(24)14-22(27-21)9-11-23(12-10-22)15-20(25)16-5-3-2-4-6-16/h2-8,13,19-20,24-25H,9-12,14-15H2,1H3/t19-,20+/m1/s1. The Morgan fingerprint density at radius 3 is 2.63 bits per heavy atom. The van der Waals surface area contributed by atoms with Crippen LogP contribution in [0.15, 0.2) is 48.5 Å². The van der Waals surface area contributed by atoms with Crippen LogP contribution in [0.25, 0.3) is 0 Å². The van der Waals surface area contributed by atoms with Crippen molar-refractivity contribution in [2.75, 3.05) is 26.7 Å². The number of benzene rings is 2. The number of hydrogen-bond donors (Lipinski definition) is 2. The summed E-state index contributed by atoms with van der Waals surface area (Å²) >= 11 is 0. The smallest absolute Gasteiger partial charge is 0.126 e. The van der Waals surface area contributed by atoms with Crippen molar-refractivity contribution in [2.24, 2.45) is 0 Å². The highest BCUT2D eigenvalue weighted by molar-refractivity contribution is 5.43. The van der Waals surface area contributed by atoms with Gasteiger partial charge in [0.15, 0.2) is 0 Å². The minimum Gasteiger partial charge on any atom is -0.497 e. The molecule has 0 amide bonds. The Labute approximate surface area is 160 Å². The van der Waals surface area contributed by atoms with Gasteiger partial charge in [0.05, 0.1) is 19.3 Å². The van der Waals surface area contributed by atoms with E-state index in [2.05, 4.69) is 4.90 Å². The predicted molar refractivity (Wildman–Crippen MR) is 103 cm³/mol. The normalized spacial score (nSPS) is 22.7. The Balaban J connectivity index is 1.40. The summed E-state index contributed by atoms with van der Waals surface area (Å²) in [6.07, 6.45) is 1.27. The molecule has 144 valence electrons. The lowest BCUT2D eigenvalue weighted by Crippen LogP contribution is -2.51. The van der Waals surface area contributed by atoms with Gasteiger partial charge in [0.2, 0.25) is 0 Å². The number of nitrogens with zero attached hydrogens (tertiary/aromatic N) is 1. The molecule has 5 heteroatoms. The van der Waals surface area contributed by atoms with Crippen LogP contribution in [0.5, 0.6) is 11.5 Å². The minimum absolute atomic E-state index is 0.324. The van der Waals surface area contributed by atoms with E-state index in [1.807, 2.05) is 48.5 Å². The number of hydrogen-bond acceptors (Lipinski definition) is 5. The highest BCUT2D eigenvalue weighted by Gasteiger charge is 2.43. The average molecular weight is 369 g/mol. The van der Waals surface area contributed by atoms with Crippen LogP contribution < -0.4 is 9.47 Å². The lowest BCUT2D eigenvalue weighted by Gasteiger charge is -2.46. The van der Waals surface area contributed by atoms with Crippen molar-refractivity contribution in [3.05, 3.63) is 59.7 Å². The first-order valence-corrected chi connectivity index (χ1v) is 9.59. The fourth-order valence-electron chi connectivity index (χ4n) is 4.22. The fourth-order valence-corrected chi connectivity index (χ4v) is 4.22. The first kappa shape index (κ1) is 18.3. The molecule has 2 N–H and O–H groups in total. The van der Waals surface area contributed by atoms with Crippen LogP contribution in [0.3, 0.4) is 0 Å². The summed E-state index contributed by atoms with van der Waals surface area (Å²) < 4.78 is 11.6. The molecule has 1 saturated heterocycles. The van der Waals surface area contributed by atoms with E-state index in [4.69, 9.17) is 9.47 Å². The molecule has 2 atom stereocenters. The molecule has 27 heavy (non-hydrogen) atoms. The number of ether oxygens (including phenoxy) is 2. The molecule has 2 aliphatic rings. The lowest BCUT2D eigenvalue weighted by molar-refractivity contribution is -0.0588. The van der Waals surface area contributed by atoms with Crippen LogP contribution >= 0.6 is 0 Å². The zero-order chi connectivity index (χ0) is 18.9. The molecule has 0 unspecified atom stereocenters. The Morgan fingerprint density at radius 1 is 1.19 bits per heavy atom. The number of aliphatic hydroxyl groups excluding tert-OH is 2. The molecule has 2 aromatic rings. The zero-order valence-corrected chi connectivity index (χ0v) is 15.7. The van der Waals surface area contributed by atoms with Gasteiger partial charge in [0.25, 0.3) is 0 Å². The monoisotopic (exact) mass is 369 g/mol. The number of rotatable bonds is 4. The van der Waals surface area contributed by atoms with E-state index in [0.29, 0.717) is 13.0 Å². The van der Waals surface area contributed by atoms with Crippen molar-refractivity contribution in [1.82, 2.24) is 4.90 Å². The van der Waals surface area contributed by atoms with E-state index in [1.165, 1.54) is 0 Å². The summed E-state index contributed by atoms with van der Waals surface area (Å²) in [4.78, 5) is 2.28. The topological polar surface area (TPSA) is 62.2 Å². The Morgan fingerprint density at radius 2 is 1.93 bits per heavy atom. The van der Waals surface area contributed by atoms with E-state index >= 15 is 0 Å². The molecule has 1 fully saturated rings. The second kappa shape index (κ2) is 7.50. The molecule has 2 aliphatic heterocycles. The van der Waals surface area contributed by atoms with E-state index in [-0.39, 0.29) is 5.60 Å². The molecule has 0 aromatic heterocycles. The molecule has 5 nitrogen and oxygen atoms in total. The highest BCUT2D eigenvalue weighted by Crippen LogP contribution is 2.45. The van der Waals surface area contributed by atoms with E-state index < -0.39 is 12.2 Å². The van der Waals surface area contributed by atoms with Crippen molar-refractivity contribution >= 4 is 0 Å². The van der Waals surface area contributed by atoms with Crippen molar-refractivity contribution in [1.29, 1.82) is 0 Å². The second-order valence-corrected chi connectivity index (χ2v) is 7.64. The quantitative estimate of drug-likeness (QED) is 0.867. The van der Waals surface area contributed by atoms with Crippen molar-refractivity contribution in [2.45, 2.75) is 37.1 Å². The van der Waals surface area contributed by atoms with Gasteiger partial charge in [-0.1, -0.05) is 30.3 Å². The maximum absolute atomic E-state index is 10.7. The number of β-amino-alcohol motifs (C(OH)–C–C–N with tert-alkyl or cyclic N) is 1. The Hall–Kier alpha value is -2.08. The summed E-state index contributed by atoms with van der Waals surface area (Å²) in [6, 6.07) is 15.4. The number of likely N-dealkylation sites (tertiary alicyclic amines) is 1. The third-order valence-corrected chi connectivity index (χ3v) is 5.85.